The molecule has 20 heavy (non-hydrogen) atoms. The average Bonchev–Trinajstić information content (AvgIpc) is 3.02. The molecule has 0 unspecified atom stereocenters. The standard InChI is InChI=1S/C12H14O7S/c1-17-11(13)7-8(12(14)18-2)10-6-4-20(15,16)3-5(6)9(7)19-10/h7-10H,3-4H2,1-2H3/t7-,8-,9-,10+/m1/s1. The molecule has 1 saturated heterocycles. The Morgan fingerprint density at radius 2 is 1.40 bits per heavy atom. The first-order chi connectivity index (χ1) is 9.39. The van der Waals surface area contributed by atoms with Crippen LogP contribution in [0.3, 0.4) is 0 Å². The molecule has 3 aliphatic heterocycles. The van der Waals surface area contributed by atoms with Crippen LogP contribution in [0.5, 0.6) is 0 Å². The topological polar surface area (TPSA) is 96.0 Å². The van der Waals surface area contributed by atoms with Gasteiger partial charge in [-0.25, -0.2) is 8.42 Å². The molecule has 8 heteroatoms. The summed E-state index contributed by atoms with van der Waals surface area (Å²) in [6.45, 7) is 0. The Morgan fingerprint density at radius 1 is 1.00 bits per heavy atom. The number of rotatable bonds is 2. The highest BCUT2D eigenvalue weighted by Crippen LogP contribution is 2.50. The van der Waals surface area contributed by atoms with Gasteiger partial charge in [0.15, 0.2) is 9.84 Å². The van der Waals surface area contributed by atoms with E-state index in [1.54, 1.807) is 0 Å². The number of hydrogen-bond donors (Lipinski definition) is 0. The van der Waals surface area contributed by atoms with Crippen molar-refractivity contribution >= 4 is 21.8 Å². The zero-order valence-corrected chi connectivity index (χ0v) is 11.8. The molecular weight excluding hydrogens is 288 g/mol. The quantitative estimate of drug-likeness (QED) is 0.480. The summed E-state index contributed by atoms with van der Waals surface area (Å²) in [6.07, 6.45) is -1.38. The molecule has 0 N–H and O–H groups in total. The summed E-state index contributed by atoms with van der Waals surface area (Å²) >= 11 is 0. The van der Waals surface area contributed by atoms with Gasteiger partial charge in [0.2, 0.25) is 0 Å². The highest BCUT2D eigenvalue weighted by atomic mass is 32.2. The summed E-state index contributed by atoms with van der Waals surface area (Å²) in [5, 5.41) is 0. The number of fused-ring (bicyclic) bond motifs is 4. The van der Waals surface area contributed by atoms with Crippen molar-refractivity contribution in [3.05, 3.63) is 11.1 Å². The maximum Gasteiger partial charge on any atom is 0.312 e. The summed E-state index contributed by atoms with van der Waals surface area (Å²) in [5.74, 6) is -3.03. The molecule has 3 rings (SSSR count). The number of carbonyl (C=O) groups is 2. The van der Waals surface area contributed by atoms with Gasteiger partial charge < -0.3 is 14.2 Å². The van der Waals surface area contributed by atoms with Gasteiger partial charge in [-0.05, 0) is 11.1 Å². The van der Waals surface area contributed by atoms with E-state index in [0.29, 0.717) is 11.1 Å². The van der Waals surface area contributed by atoms with Crippen LogP contribution in [0.2, 0.25) is 0 Å². The van der Waals surface area contributed by atoms with Crippen molar-refractivity contribution in [2.45, 2.75) is 12.2 Å². The van der Waals surface area contributed by atoms with Crippen LogP contribution in [0, 0.1) is 11.8 Å². The Hall–Kier alpha value is -1.41. The lowest BCUT2D eigenvalue weighted by molar-refractivity contribution is -0.156. The van der Waals surface area contributed by atoms with E-state index in [0.717, 1.165) is 0 Å². The fraction of sp³-hybridized carbons (Fsp3) is 0.667. The fourth-order valence-electron chi connectivity index (χ4n) is 3.35. The van der Waals surface area contributed by atoms with E-state index >= 15 is 0 Å². The van der Waals surface area contributed by atoms with Crippen molar-refractivity contribution in [2.24, 2.45) is 11.8 Å². The maximum atomic E-state index is 11.9. The highest BCUT2D eigenvalue weighted by molar-refractivity contribution is 7.92. The van der Waals surface area contributed by atoms with Gasteiger partial charge >= 0.3 is 11.9 Å². The normalized spacial score (nSPS) is 36.9. The van der Waals surface area contributed by atoms with Crippen LogP contribution in [0.1, 0.15) is 0 Å². The SMILES string of the molecule is COC(=O)[C@@H]1[C@@H](C(=O)OC)[C@H]2O[C@@H]1C1=C2CS(=O)(=O)C1. The summed E-state index contributed by atoms with van der Waals surface area (Å²) in [6, 6.07) is 0. The lowest BCUT2D eigenvalue weighted by atomic mass is 9.76. The lowest BCUT2D eigenvalue weighted by Gasteiger charge is -2.24. The van der Waals surface area contributed by atoms with Gasteiger partial charge in [0.1, 0.15) is 11.8 Å². The van der Waals surface area contributed by atoms with Gasteiger partial charge in [0, 0.05) is 0 Å². The molecule has 0 aliphatic carbocycles. The molecule has 0 aromatic heterocycles. The number of ether oxygens (including phenoxy) is 3. The summed E-state index contributed by atoms with van der Waals surface area (Å²) in [7, 11) is -0.750. The zero-order chi connectivity index (χ0) is 14.7. The third kappa shape index (κ3) is 1.71. The number of esters is 2. The molecule has 0 aromatic rings. The van der Waals surface area contributed by atoms with Crippen LogP contribution >= 0.6 is 0 Å². The van der Waals surface area contributed by atoms with Crippen LogP contribution in [-0.2, 0) is 33.6 Å². The van der Waals surface area contributed by atoms with Crippen molar-refractivity contribution in [3.8, 4) is 0 Å². The van der Waals surface area contributed by atoms with Crippen LogP contribution < -0.4 is 0 Å². The van der Waals surface area contributed by atoms with Gasteiger partial charge in [-0.15, -0.1) is 0 Å². The number of carbonyl (C=O) groups excluding carboxylic acids is 2. The van der Waals surface area contributed by atoms with Gasteiger partial charge in [0.05, 0.1) is 37.9 Å². The molecule has 7 nitrogen and oxygen atoms in total. The second-order valence-electron chi connectivity index (χ2n) is 5.16. The Kier molecular flexibility index (Phi) is 2.91. The van der Waals surface area contributed by atoms with E-state index in [9.17, 15) is 18.0 Å². The Morgan fingerprint density at radius 3 is 1.75 bits per heavy atom. The van der Waals surface area contributed by atoms with Crippen LogP contribution in [0.25, 0.3) is 0 Å². The van der Waals surface area contributed by atoms with E-state index < -0.39 is 45.8 Å². The minimum Gasteiger partial charge on any atom is -0.469 e. The second-order valence-corrected chi connectivity index (χ2v) is 7.22. The van der Waals surface area contributed by atoms with Gasteiger partial charge in [-0.2, -0.15) is 0 Å². The molecule has 0 amide bonds. The molecule has 4 atom stereocenters. The van der Waals surface area contributed by atoms with Gasteiger partial charge in [-0.1, -0.05) is 0 Å². The Balaban J connectivity index is 2.01. The third-order valence-corrected chi connectivity index (χ3v) is 5.63. The minimum atomic E-state index is -3.20. The fourth-order valence-corrected chi connectivity index (χ4v) is 5.10. The number of sulfone groups is 1. The van der Waals surface area contributed by atoms with Crippen LogP contribution in [-0.4, -0.2) is 58.3 Å². The summed E-state index contributed by atoms with van der Waals surface area (Å²) in [5.41, 5.74) is 1.23. The molecule has 3 heterocycles. The maximum absolute atomic E-state index is 11.9. The lowest BCUT2D eigenvalue weighted by Crippen LogP contribution is -2.40. The molecule has 110 valence electrons. The Labute approximate surface area is 115 Å². The first-order valence-electron chi connectivity index (χ1n) is 6.13. The average molecular weight is 302 g/mol. The molecular formula is C12H14O7S. The van der Waals surface area contributed by atoms with E-state index in [-0.39, 0.29) is 11.5 Å². The van der Waals surface area contributed by atoms with Crippen molar-refractivity contribution in [3.63, 3.8) is 0 Å². The predicted molar refractivity (Wildman–Crippen MR) is 65.4 cm³/mol. The second kappa shape index (κ2) is 4.29. The Bertz CT molecular complexity index is 572. The first-order valence-corrected chi connectivity index (χ1v) is 7.95. The summed E-state index contributed by atoms with van der Waals surface area (Å²) in [4.78, 5) is 23.8. The van der Waals surface area contributed by atoms with Crippen LogP contribution in [0.4, 0.5) is 0 Å². The van der Waals surface area contributed by atoms with Crippen molar-refractivity contribution in [1.29, 1.82) is 0 Å². The van der Waals surface area contributed by atoms with Crippen molar-refractivity contribution < 1.29 is 32.2 Å². The molecule has 0 spiro atoms. The molecule has 3 aliphatic rings. The smallest absolute Gasteiger partial charge is 0.312 e. The number of hydrogen-bond acceptors (Lipinski definition) is 7. The predicted octanol–water partition coefficient (Wildman–Crippen LogP) is -0.929. The van der Waals surface area contributed by atoms with Crippen LogP contribution in [0.15, 0.2) is 11.1 Å². The first kappa shape index (κ1) is 13.6. The van der Waals surface area contributed by atoms with Gasteiger partial charge in [0.25, 0.3) is 0 Å². The van der Waals surface area contributed by atoms with Crippen molar-refractivity contribution in [1.82, 2.24) is 0 Å². The highest BCUT2D eigenvalue weighted by Gasteiger charge is 2.62. The molecule has 1 fully saturated rings. The minimum absolute atomic E-state index is 0.106. The van der Waals surface area contributed by atoms with E-state index in [2.05, 4.69) is 0 Å². The largest absolute Gasteiger partial charge is 0.469 e. The molecule has 0 aromatic carbocycles. The molecule has 0 radical (unpaired) electrons. The van der Waals surface area contributed by atoms with E-state index in [4.69, 9.17) is 14.2 Å². The summed E-state index contributed by atoms with van der Waals surface area (Å²) < 4.78 is 38.5. The number of methoxy groups -OCH3 is 2. The molecule has 2 bridgehead atoms. The van der Waals surface area contributed by atoms with Gasteiger partial charge in [-0.3, -0.25) is 9.59 Å². The molecule has 0 saturated carbocycles. The van der Waals surface area contributed by atoms with E-state index in [1.165, 1.54) is 14.2 Å². The van der Waals surface area contributed by atoms with E-state index in [1.807, 2.05) is 0 Å². The van der Waals surface area contributed by atoms with Crippen molar-refractivity contribution in [2.75, 3.05) is 25.7 Å². The monoisotopic (exact) mass is 302 g/mol. The zero-order valence-electron chi connectivity index (χ0n) is 11.0. The third-order valence-electron chi connectivity index (χ3n) is 4.13.